The van der Waals surface area contributed by atoms with Crippen LogP contribution < -0.4 is 4.74 Å². The maximum atomic E-state index is 10.8. The largest absolute Gasteiger partial charge is 0.507 e. The van der Waals surface area contributed by atoms with Gasteiger partial charge in [0.25, 0.3) is 0 Å². The van der Waals surface area contributed by atoms with Gasteiger partial charge in [0, 0.05) is 24.2 Å². The van der Waals surface area contributed by atoms with Crippen molar-refractivity contribution in [2.24, 2.45) is 5.89 Å². The van der Waals surface area contributed by atoms with E-state index in [0.29, 0.717) is 5.75 Å². The summed E-state index contributed by atoms with van der Waals surface area (Å²) in [6.45, 7) is 6.65. The van der Waals surface area contributed by atoms with Gasteiger partial charge in [-0.2, -0.15) is 0 Å². The van der Waals surface area contributed by atoms with Crippen LogP contribution in [0.1, 0.15) is 85.0 Å². The average Bonchev–Trinajstić information content (AvgIpc) is 2.60. The Bertz CT molecular complexity index is 861. The standard InChI is InChI=1S/C21H30O2/c1-5-6-7-8-15-12-18(22)20-16-11-14(2)9-10-17(16)21(3,4)23-19(20)13-15/h11-13,16-17,22H,5-10H2,1-4H3/t16-,17-/m1/s1/i9D2,10D2,11D,17D. The monoisotopic (exact) mass is 320 g/mol. The molecule has 2 atom stereocenters. The Morgan fingerprint density at radius 3 is 2.96 bits per heavy atom. The molecule has 2 heteroatoms. The van der Waals surface area contributed by atoms with Crippen molar-refractivity contribution in [3.63, 3.8) is 0 Å². The molecule has 126 valence electrons. The molecular formula is C21H30O2. The zero-order valence-corrected chi connectivity index (χ0v) is 14.4. The Kier molecular flexibility index (Phi) is 2.82. The molecule has 0 unspecified atom stereocenters. The molecule has 0 aromatic heterocycles. The highest BCUT2D eigenvalue weighted by Crippen LogP contribution is 2.53. The van der Waals surface area contributed by atoms with Gasteiger partial charge in [-0.05, 0) is 64.1 Å². The van der Waals surface area contributed by atoms with Crippen molar-refractivity contribution in [3.8, 4) is 11.5 Å². The second-order valence-electron chi connectivity index (χ2n) is 6.96. The van der Waals surface area contributed by atoms with Crippen molar-refractivity contribution in [3.05, 3.63) is 34.9 Å². The van der Waals surface area contributed by atoms with Gasteiger partial charge >= 0.3 is 0 Å². The molecule has 0 saturated carbocycles. The van der Waals surface area contributed by atoms with Gasteiger partial charge in [0.15, 0.2) is 0 Å². The summed E-state index contributed by atoms with van der Waals surface area (Å²) in [7, 11) is 0. The normalized spacial score (nSPS) is 37.0. The Balaban J connectivity index is 2.26. The highest BCUT2D eigenvalue weighted by Gasteiger charge is 2.45. The Hall–Kier alpha value is -1.44. The van der Waals surface area contributed by atoms with E-state index in [4.69, 9.17) is 11.6 Å². The summed E-state index contributed by atoms with van der Waals surface area (Å²) in [6, 6.07) is 3.26. The highest BCUT2D eigenvalue weighted by atomic mass is 16.5. The molecule has 0 radical (unpaired) electrons. The first-order valence-electron chi connectivity index (χ1n) is 11.5. The first-order chi connectivity index (χ1) is 13.2. The Labute approximate surface area is 149 Å². The van der Waals surface area contributed by atoms with Gasteiger partial charge < -0.3 is 9.84 Å². The van der Waals surface area contributed by atoms with Crippen LogP contribution in [0.3, 0.4) is 0 Å². The number of hydrogen-bond donors (Lipinski definition) is 1. The molecule has 23 heavy (non-hydrogen) atoms. The number of phenolic OH excluding ortho intramolecular Hbond substituents is 1. The molecule has 1 heterocycles. The molecule has 0 amide bonds. The third-order valence-corrected chi connectivity index (χ3v) is 4.59. The Morgan fingerprint density at radius 2 is 2.22 bits per heavy atom. The van der Waals surface area contributed by atoms with Gasteiger partial charge in [0.2, 0.25) is 0 Å². The van der Waals surface area contributed by atoms with E-state index in [-0.39, 0.29) is 22.9 Å². The van der Waals surface area contributed by atoms with Crippen LogP contribution in [-0.4, -0.2) is 10.7 Å². The average molecular weight is 321 g/mol. The first kappa shape index (κ1) is 10.4. The van der Waals surface area contributed by atoms with Crippen LogP contribution in [0.5, 0.6) is 11.5 Å². The number of fused-ring (bicyclic) bond motifs is 3. The van der Waals surface area contributed by atoms with Crippen LogP contribution in [0.2, 0.25) is 0 Å². The van der Waals surface area contributed by atoms with E-state index < -0.39 is 30.2 Å². The van der Waals surface area contributed by atoms with Gasteiger partial charge in [0.1, 0.15) is 17.1 Å². The lowest BCUT2D eigenvalue weighted by Crippen LogP contribution is -2.45. The van der Waals surface area contributed by atoms with Crippen molar-refractivity contribution in [2.45, 2.75) is 77.6 Å². The van der Waals surface area contributed by atoms with E-state index >= 15 is 0 Å². The van der Waals surface area contributed by atoms with E-state index in [1.165, 1.54) is 6.92 Å². The third kappa shape index (κ3) is 3.13. The van der Waals surface area contributed by atoms with Gasteiger partial charge in [-0.3, -0.25) is 0 Å². The lowest BCUT2D eigenvalue weighted by Gasteiger charge is -2.46. The summed E-state index contributed by atoms with van der Waals surface area (Å²) in [5.41, 5.74) is -0.375. The number of aryl methyl sites for hydroxylation is 1. The second kappa shape index (κ2) is 6.22. The smallest absolute Gasteiger partial charge is 0.127 e. The molecular weight excluding hydrogens is 284 g/mol. The quantitative estimate of drug-likeness (QED) is 0.566. The van der Waals surface area contributed by atoms with Gasteiger partial charge in [-0.1, -0.05) is 31.4 Å². The summed E-state index contributed by atoms with van der Waals surface area (Å²) in [6.07, 6.45) is -1.27. The molecule has 0 spiro atoms. The predicted molar refractivity (Wildman–Crippen MR) is 95.3 cm³/mol. The minimum absolute atomic E-state index is 0.0505. The van der Waals surface area contributed by atoms with Gasteiger partial charge in [-0.25, -0.2) is 0 Å². The number of phenols is 1. The number of aromatic hydroxyl groups is 1. The summed E-state index contributed by atoms with van der Waals surface area (Å²) in [5, 5.41) is 10.8. The minimum atomic E-state index is -2.65. The molecule has 1 N–H and O–H groups in total. The van der Waals surface area contributed by atoms with Crippen molar-refractivity contribution in [1.82, 2.24) is 0 Å². The zero-order chi connectivity index (χ0) is 22.0. The van der Waals surface area contributed by atoms with E-state index in [0.717, 1.165) is 31.2 Å². The number of allylic oxidation sites excluding steroid dienone is 2. The van der Waals surface area contributed by atoms with Crippen LogP contribution in [0, 0.1) is 5.89 Å². The number of hydrogen-bond acceptors (Lipinski definition) is 2. The maximum Gasteiger partial charge on any atom is 0.127 e. The minimum Gasteiger partial charge on any atom is -0.507 e. The van der Waals surface area contributed by atoms with Gasteiger partial charge in [-0.15, -0.1) is 0 Å². The molecule has 0 fully saturated rings. The molecule has 2 nitrogen and oxygen atoms in total. The second-order valence-corrected chi connectivity index (χ2v) is 6.96. The highest BCUT2D eigenvalue weighted by molar-refractivity contribution is 5.53. The van der Waals surface area contributed by atoms with Crippen molar-refractivity contribution in [2.75, 3.05) is 0 Å². The number of ether oxygens (including phenoxy) is 1. The fraction of sp³-hybridized carbons (Fsp3) is 0.619. The number of unbranched alkanes of at least 4 members (excludes halogenated alkanes) is 2. The summed E-state index contributed by atoms with van der Waals surface area (Å²) in [5.74, 6) is -3.05. The predicted octanol–water partition coefficient (Wildman–Crippen LogP) is 5.74. The van der Waals surface area contributed by atoms with E-state index in [9.17, 15) is 6.48 Å². The van der Waals surface area contributed by atoms with Crippen LogP contribution in [0.25, 0.3) is 0 Å². The molecule has 1 aliphatic heterocycles. The molecule has 0 saturated heterocycles. The molecule has 1 aromatic rings. The molecule has 3 rings (SSSR count). The fourth-order valence-electron chi connectivity index (χ4n) is 3.37. The third-order valence-electron chi connectivity index (χ3n) is 4.59. The van der Waals surface area contributed by atoms with Gasteiger partial charge in [0.05, 0.1) is 1.37 Å². The molecule has 1 aliphatic carbocycles. The van der Waals surface area contributed by atoms with Crippen molar-refractivity contribution >= 4 is 0 Å². The summed E-state index contributed by atoms with van der Waals surface area (Å²) < 4.78 is 57.8. The fourth-order valence-corrected chi connectivity index (χ4v) is 3.37. The maximum absolute atomic E-state index is 10.8. The van der Waals surface area contributed by atoms with Crippen molar-refractivity contribution < 1.29 is 18.1 Å². The topological polar surface area (TPSA) is 29.5 Å². The van der Waals surface area contributed by atoms with E-state index in [1.807, 2.05) is 6.07 Å². The Morgan fingerprint density at radius 1 is 1.43 bits per heavy atom. The number of rotatable bonds is 4. The van der Waals surface area contributed by atoms with E-state index in [2.05, 4.69) is 6.92 Å². The molecule has 0 bridgehead atoms. The van der Waals surface area contributed by atoms with Crippen LogP contribution in [0.4, 0.5) is 0 Å². The summed E-state index contributed by atoms with van der Waals surface area (Å²) in [4.78, 5) is 0. The number of benzene rings is 1. The molecule has 2 aliphatic rings. The van der Waals surface area contributed by atoms with Crippen LogP contribution in [0.15, 0.2) is 23.8 Å². The van der Waals surface area contributed by atoms with E-state index in [1.54, 1.807) is 19.9 Å². The lowest BCUT2D eigenvalue weighted by atomic mass is 9.68. The zero-order valence-electron chi connectivity index (χ0n) is 20.4. The molecule has 1 aromatic carbocycles. The lowest BCUT2D eigenvalue weighted by molar-refractivity contribution is 0.0107. The van der Waals surface area contributed by atoms with Crippen LogP contribution >= 0.6 is 0 Å². The van der Waals surface area contributed by atoms with Crippen LogP contribution in [-0.2, 0) is 6.42 Å². The summed E-state index contributed by atoms with van der Waals surface area (Å²) >= 11 is 0. The first-order valence-corrected chi connectivity index (χ1v) is 8.46. The van der Waals surface area contributed by atoms with Crippen molar-refractivity contribution in [1.29, 1.82) is 0 Å². The SMILES string of the molecule is [2H]C1=C(C)C([2H])([2H])C([2H])([2H])[C@]2([2H])[C@@H]1c1c(O)cc(CCCCC)cc1OC2(C)C.